The summed E-state index contributed by atoms with van der Waals surface area (Å²) < 4.78 is 38.9. The molecule has 0 aliphatic carbocycles. The molecule has 0 radical (unpaired) electrons. The number of non-ortho nitro benzene ring substituents is 1. The first-order chi connectivity index (χ1) is 15.1. The number of nitrogens with zero attached hydrogens (tertiary/aromatic N) is 4. The topological polar surface area (TPSA) is 79.6 Å². The van der Waals surface area contributed by atoms with E-state index >= 15 is 0 Å². The van der Waals surface area contributed by atoms with Crippen molar-refractivity contribution >= 4 is 33.1 Å². The second-order valence-electron chi connectivity index (χ2n) is 7.60. The zero-order valence-corrected chi connectivity index (χ0v) is 17.9. The molecule has 168 valence electrons. The number of alkyl halides is 3. The van der Waals surface area contributed by atoms with Gasteiger partial charge in [0.25, 0.3) is 11.6 Å². The predicted octanol–water partition coefficient (Wildman–Crippen LogP) is 4.49. The maximum Gasteiger partial charge on any atom is 0.433 e. The Balaban J connectivity index is 1.44. The van der Waals surface area contributed by atoms with E-state index in [1.165, 1.54) is 12.1 Å². The van der Waals surface area contributed by atoms with Crippen LogP contribution in [-0.2, 0) is 12.7 Å². The minimum absolute atomic E-state index is 0.0406. The van der Waals surface area contributed by atoms with Gasteiger partial charge in [-0.3, -0.25) is 19.8 Å². The largest absolute Gasteiger partial charge is 0.433 e. The van der Waals surface area contributed by atoms with E-state index < -0.39 is 16.8 Å². The van der Waals surface area contributed by atoms with E-state index in [9.17, 15) is 28.1 Å². The molecule has 1 fully saturated rings. The summed E-state index contributed by atoms with van der Waals surface area (Å²) in [4.78, 5) is 31.7. The maximum atomic E-state index is 13.0. The monoisotopic (exact) mass is 464 g/mol. The van der Waals surface area contributed by atoms with Crippen LogP contribution in [0.4, 0.5) is 18.9 Å². The van der Waals surface area contributed by atoms with Crippen molar-refractivity contribution in [3.63, 3.8) is 0 Å². The Hall–Kier alpha value is -3.05. The van der Waals surface area contributed by atoms with Crippen LogP contribution in [0.15, 0.2) is 36.4 Å². The number of nitro groups is 1. The summed E-state index contributed by atoms with van der Waals surface area (Å²) in [6.45, 7) is 4.37. The minimum Gasteiger partial charge on any atom is -0.335 e. The number of hydrogen-bond acceptors (Lipinski definition) is 6. The van der Waals surface area contributed by atoms with Gasteiger partial charge >= 0.3 is 6.18 Å². The van der Waals surface area contributed by atoms with Crippen LogP contribution in [0.1, 0.15) is 26.5 Å². The summed E-state index contributed by atoms with van der Waals surface area (Å²) >= 11 is 0.984. The zero-order chi connectivity index (χ0) is 23.0. The average Bonchev–Trinajstić information content (AvgIpc) is 3.09. The summed E-state index contributed by atoms with van der Waals surface area (Å²) in [7, 11) is 0. The molecule has 1 aromatic carbocycles. The molecule has 3 aromatic rings. The molecule has 4 rings (SSSR count). The Kier molecular flexibility index (Phi) is 5.87. The number of fused-ring (bicyclic) bond motifs is 1. The highest BCUT2D eigenvalue weighted by atomic mass is 32.1. The van der Waals surface area contributed by atoms with Crippen LogP contribution in [0.5, 0.6) is 0 Å². The van der Waals surface area contributed by atoms with Gasteiger partial charge in [-0.1, -0.05) is 12.1 Å². The number of amides is 1. The number of rotatable bonds is 4. The number of aromatic nitrogens is 1. The molecule has 3 heterocycles. The van der Waals surface area contributed by atoms with E-state index in [1.54, 1.807) is 24.0 Å². The zero-order valence-electron chi connectivity index (χ0n) is 17.1. The highest BCUT2D eigenvalue weighted by molar-refractivity contribution is 7.20. The van der Waals surface area contributed by atoms with E-state index in [0.29, 0.717) is 48.6 Å². The number of thiophene rings is 1. The first-order valence-electron chi connectivity index (χ1n) is 9.86. The van der Waals surface area contributed by atoms with Crippen LogP contribution < -0.4 is 0 Å². The van der Waals surface area contributed by atoms with Crippen LogP contribution in [0.25, 0.3) is 10.2 Å². The van der Waals surface area contributed by atoms with Crippen molar-refractivity contribution in [2.45, 2.75) is 19.6 Å². The number of carbonyl (C=O) groups excluding carboxylic acids is 1. The van der Waals surface area contributed by atoms with Crippen LogP contribution in [0, 0.1) is 17.0 Å². The number of hydrogen-bond donors (Lipinski definition) is 0. The fourth-order valence-electron chi connectivity index (χ4n) is 3.74. The fraction of sp³-hybridized carbons (Fsp3) is 0.333. The van der Waals surface area contributed by atoms with Crippen molar-refractivity contribution in [3.8, 4) is 0 Å². The van der Waals surface area contributed by atoms with Crippen molar-refractivity contribution in [2.75, 3.05) is 26.2 Å². The predicted molar refractivity (Wildman–Crippen MR) is 114 cm³/mol. The highest BCUT2D eigenvalue weighted by Crippen LogP contribution is 2.34. The molecule has 32 heavy (non-hydrogen) atoms. The van der Waals surface area contributed by atoms with E-state index in [1.807, 2.05) is 6.07 Å². The van der Waals surface area contributed by atoms with Crippen LogP contribution in [-0.4, -0.2) is 51.8 Å². The third-order valence-electron chi connectivity index (χ3n) is 5.48. The van der Waals surface area contributed by atoms with Gasteiger partial charge in [-0.25, -0.2) is 4.98 Å². The van der Waals surface area contributed by atoms with Gasteiger partial charge in [-0.15, -0.1) is 11.3 Å². The Morgan fingerprint density at radius 3 is 2.56 bits per heavy atom. The van der Waals surface area contributed by atoms with Gasteiger partial charge in [0.15, 0.2) is 0 Å². The number of benzene rings is 1. The Morgan fingerprint density at radius 1 is 1.19 bits per heavy atom. The molecule has 11 heteroatoms. The average molecular weight is 464 g/mol. The lowest BCUT2D eigenvalue weighted by molar-refractivity contribution is -0.384. The Labute approximate surface area is 185 Å². The first-order valence-corrected chi connectivity index (χ1v) is 10.7. The molecule has 0 spiro atoms. The second kappa shape index (κ2) is 8.47. The number of halogens is 3. The molecular weight excluding hydrogens is 445 g/mol. The molecule has 0 bridgehead atoms. The van der Waals surface area contributed by atoms with Crippen molar-refractivity contribution in [3.05, 3.63) is 68.2 Å². The summed E-state index contributed by atoms with van der Waals surface area (Å²) in [5, 5.41) is 11.5. The second-order valence-corrected chi connectivity index (χ2v) is 8.60. The van der Waals surface area contributed by atoms with Gasteiger partial charge in [0.1, 0.15) is 10.5 Å². The third-order valence-corrected chi connectivity index (χ3v) is 6.66. The van der Waals surface area contributed by atoms with Gasteiger partial charge in [0, 0.05) is 50.2 Å². The standard InChI is InChI=1S/C21H19F3N4O3S/c1-13-16-5-6-17(21(22,23)24)25-19(16)32-18(13)20(29)27-9-7-26(8-10-27)12-14-3-2-4-15(11-14)28(30)31/h2-6,11H,7-10,12H2,1H3. The highest BCUT2D eigenvalue weighted by Gasteiger charge is 2.33. The number of nitro benzene ring substituents is 1. The summed E-state index contributed by atoms with van der Waals surface area (Å²) in [6, 6.07) is 8.76. The molecule has 0 N–H and O–H groups in total. The van der Waals surface area contributed by atoms with Crippen molar-refractivity contribution in [2.24, 2.45) is 0 Å². The van der Waals surface area contributed by atoms with Crippen molar-refractivity contribution in [1.29, 1.82) is 0 Å². The molecule has 0 unspecified atom stereocenters. The number of pyridine rings is 1. The lowest BCUT2D eigenvalue weighted by Gasteiger charge is -2.34. The molecule has 0 atom stereocenters. The minimum atomic E-state index is -4.54. The smallest absolute Gasteiger partial charge is 0.335 e. The van der Waals surface area contributed by atoms with E-state index in [0.717, 1.165) is 23.0 Å². The quantitative estimate of drug-likeness (QED) is 0.420. The van der Waals surface area contributed by atoms with E-state index in [-0.39, 0.29) is 16.4 Å². The molecule has 1 aliphatic heterocycles. The Morgan fingerprint density at radius 2 is 1.91 bits per heavy atom. The van der Waals surface area contributed by atoms with Crippen molar-refractivity contribution in [1.82, 2.24) is 14.8 Å². The van der Waals surface area contributed by atoms with Crippen LogP contribution >= 0.6 is 11.3 Å². The van der Waals surface area contributed by atoms with E-state index in [4.69, 9.17) is 0 Å². The van der Waals surface area contributed by atoms with Gasteiger partial charge in [-0.2, -0.15) is 13.2 Å². The molecule has 7 nitrogen and oxygen atoms in total. The fourth-order valence-corrected chi connectivity index (χ4v) is 4.89. The molecule has 0 saturated carbocycles. The maximum absolute atomic E-state index is 13.0. The van der Waals surface area contributed by atoms with Gasteiger partial charge < -0.3 is 4.90 Å². The number of aryl methyl sites for hydroxylation is 1. The van der Waals surface area contributed by atoms with Gasteiger partial charge in [-0.05, 0) is 30.2 Å². The van der Waals surface area contributed by atoms with Crippen LogP contribution in [0.3, 0.4) is 0 Å². The summed E-state index contributed by atoms with van der Waals surface area (Å²) in [5.74, 6) is -0.214. The number of piperazine rings is 1. The van der Waals surface area contributed by atoms with Crippen molar-refractivity contribution < 1.29 is 22.9 Å². The summed E-state index contributed by atoms with van der Waals surface area (Å²) in [5.41, 5.74) is 0.528. The molecule has 1 saturated heterocycles. The van der Waals surface area contributed by atoms with Gasteiger partial charge in [0.05, 0.1) is 9.80 Å². The lowest BCUT2D eigenvalue weighted by Crippen LogP contribution is -2.48. The molecular formula is C21H19F3N4O3S. The lowest BCUT2D eigenvalue weighted by atomic mass is 10.1. The van der Waals surface area contributed by atoms with Crippen LogP contribution in [0.2, 0.25) is 0 Å². The Bertz CT molecular complexity index is 1190. The third kappa shape index (κ3) is 4.44. The SMILES string of the molecule is Cc1c(C(=O)N2CCN(Cc3cccc([N+](=O)[O-])c3)CC2)sc2nc(C(F)(F)F)ccc12. The molecule has 1 amide bonds. The summed E-state index contributed by atoms with van der Waals surface area (Å²) in [6.07, 6.45) is -4.54. The van der Waals surface area contributed by atoms with E-state index in [2.05, 4.69) is 9.88 Å². The molecule has 2 aromatic heterocycles. The van der Waals surface area contributed by atoms with Gasteiger partial charge in [0.2, 0.25) is 0 Å². The number of carbonyl (C=O) groups is 1. The normalized spacial score (nSPS) is 15.3. The first kappa shape index (κ1) is 22.2. The molecule has 1 aliphatic rings.